The van der Waals surface area contributed by atoms with Crippen molar-refractivity contribution in [3.05, 3.63) is 22.7 Å². The van der Waals surface area contributed by atoms with Crippen LogP contribution in [0.15, 0.2) is 12.1 Å². The molecule has 1 aliphatic carbocycles. The van der Waals surface area contributed by atoms with Gasteiger partial charge in [-0.1, -0.05) is 11.6 Å². The Morgan fingerprint density at radius 2 is 1.82 bits per heavy atom. The van der Waals surface area contributed by atoms with Crippen LogP contribution in [-0.4, -0.2) is 24.9 Å². The van der Waals surface area contributed by atoms with Crippen LogP contribution >= 0.6 is 11.6 Å². The van der Waals surface area contributed by atoms with Crippen LogP contribution in [0.5, 0.6) is 11.5 Å². The lowest BCUT2D eigenvalue weighted by Crippen LogP contribution is -2.17. The van der Waals surface area contributed by atoms with Gasteiger partial charge in [0.1, 0.15) is 0 Å². The SMILES string of the molecule is OCCc1cc2c(cc1Cl)OCC1(CC1)CO2. The molecule has 1 heterocycles. The Hall–Kier alpha value is -0.930. The molecule has 1 saturated carbocycles. The molecule has 3 nitrogen and oxygen atoms in total. The summed E-state index contributed by atoms with van der Waals surface area (Å²) in [5.74, 6) is 1.47. The summed E-state index contributed by atoms with van der Waals surface area (Å²) in [5.41, 5.74) is 1.14. The van der Waals surface area contributed by atoms with Crippen LogP contribution in [-0.2, 0) is 6.42 Å². The Balaban J connectivity index is 1.90. The number of fused-ring (bicyclic) bond motifs is 1. The minimum atomic E-state index is 0.0866. The van der Waals surface area contributed by atoms with Gasteiger partial charge in [-0.15, -0.1) is 0 Å². The highest BCUT2D eigenvalue weighted by atomic mass is 35.5. The van der Waals surface area contributed by atoms with Crippen LogP contribution < -0.4 is 9.47 Å². The molecule has 1 aliphatic heterocycles. The van der Waals surface area contributed by atoms with Crippen molar-refractivity contribution in [2.24, 2.45) is 5.41 Å². The first-order valence-corrected chi connectivity index (χ1v) is 6.29. The summed E-state index contributed by atoms with van der Waals surface area (Å²) in [6.07, 6.45) is 2.90. The smallest absolute Gasteiger partial charge is 0.162 e. The van der Waals surface area contributed by atoms with Gasteiger partial charge in [0.15, 0.2) is 11.5 Å². The monoisotopic (exact) mass is 254 g/mol. The average Bonchev–Trinajstić information content (AvgIpc) is 3.10. The molecule has 2 aliphatic rings. The standard InChI is InChI=1S/C13H15ClO3/c14-10-6-12-11(5-9(10)1-4-15)16-7-13(2-3-13)8-17-12/h5-6,15H,1-4,7-8H2. The molecule has 1 fully saturated rings. The third kappa shape index (κ3) is 2.09. The van der Waals surface area contributed by atoms with Crippen molar-refractivity contribution in [3.63, 3.8) is 0 Å². The predicted octanol–water partition coefficient (Wildman–Crippen LogP) is 2.43. The third-order valence-corrected chi connectivity index (χ3v) is 3.87. The molecule has 17 heavy (non-hydrogen) atoms. The van der Waals surface area contributed by atoms with Crippen LogP contribution in [0.25, 0.3) is 0 Å². The van der Waals surface area contributed by atoms with Crippen LogP contribution in [0.2, 0.25) is 5.02 Å². The summed E-state index contributed by atoms with van der Waals surface area (Å²) in [7, 11) is 0. The predicted molar refractivity (Wildman–Crippen MR) is 64.9 cm³/mol. The van der Waals surface area contributed by atoms with Crippen molar-refractivity contribution in [2.45, 2.75) is 19.3 Å². The van der Waals surface area contributed by atoms with Gasteiger partial charge in [0.25, 0.3) is 0 Å². The van der Waals surface area contributed by atoms with Crippen molar-refractivity contribution < 1.29 is 14.6 Å². The number of halogens is 1. The van der Waals surface area contributed by atoms with Gasteiger partial charge in [0.05, 0.1) is 13.2 Å². The summed E-state index contributed by atoms with van der Waals surface area (Å²) >= 11 is 6.13. The normalized spacial score (nSPS) is 20.1. The summed E-state index contributed by atoms with van der Waals surface area (Å²) in [4.78, 5) is 0. The second-order valence-corrected chi connectivity index (χ2v) is 5.35. The topological polar surface area (TPSA) is 38.7 Å². The van der Waals surface area contributed by atoms with Gasteiger partial charge >= 0.3 is 0 Å². The highest BCUT2D eigenvalue weighted by molar-refractivity contribution is 6.31. The van der Waals surface area contributed by atoms with E-state index in [0.29, 0.717) is 11.4 Å². The third-order valence-electron chi connectivity index (χ3n) is 3.52. The molecule has 0 saturated heterocycles. The molecule has 3 rings (SSSR count). The van der Waals surface area contributed by atoms with E-state index in [9.17, 15) is 0 Å². The van der Waals surface area contributed by atoms with Gasteiger partial charge in [-0.05, 0) is 30.9 Å². The van der Waals surface area contributed by atoms with Gasteiger partial charge in [-0.3, -0.25) is 0 Å². The Morgan fingerprint density at radius 1 is 1.18 bits per heavy atom. The van der Waals surface area contributed by atoms with E-state index < -0.39 is 0 Å². The quantitative estimate of drug-likeness (QED) is 0.881. The van der Waals surface area contributed by atoms with E-state index in [1.807, 2.05) is 6.07 Å². The first-order valence-electron chi connectivity index (χ1n) is 5.91. The molecular formula is C13H15ClO3. The molecule has 4 heteroatoms. The van der Waals surface area contributed by atoms with Crippen LogP contribution in [0.1, 0.15) is 18.4 Å². The second kappa shape index (κ2) is 4.07. The molecule has 0 bridgehead atoms. The Morgan fingerprint density at radius 3 is 2.41 bits per heavy atom. The molecule has 0 atom stereocenters. The lowest BCUT2D eigenvalue weighted by atomic mass is 10.1. The Kier molecular flexibility index (Phi) is 2.68. The maximum absolute atomic E-state index is 8.97. The van der Waals surface area contributed by atoms with Gasteiger partial charge in [0, 0.05) is 23.1 Å². The van der Waals surface area contributed by atoms with Gasteiger partial charge in [-0.2, -0.15) is 0 Å². The number of hydrogen-bond donors (Lipinski definition) is 1. The maximum atomic E-state index is 8.97. The number of aliphatic hydroxyl groups excluding tert-OH is 1. The molecule has 0 aromatic heterocycles. The molecule has 1 N–H and O–H groups in total. The number of ether oxygens (including phenoxy) is 2. The van der Waals surface area contributed by atoms with Gasteiger partial charge < -0.3 is 14.6 Å². The highest BCUT2D eigenvalue weighted by Crippen LogP contribution is 2.49. The first-order chi connectivity index (χ1) is 8.22. The van der Waals surface area contributed by atoms with Crippen molar-refractivity contribution in [3.8, 4) is 11.5 Å². The molecule has 92 valence electrons. The molecular weight excluding hydrogens is 240 g/mol. The van der Waals surface area contributed by atoms with Crippen LogP contribution in [0.3, 0.4) is 0 Å². The second-order valence-electron chi connectivity index (χ2n) is 4.94. The van der Waals surface area contributed by atoms with Crippen molar-refractivity contribution in [1.29, 1.82) is 0 Å². The molecule has 0 amide bonds. The van der Waals surface area contributed by atoms with E-state index in [0.717, 1.165) is 30.3 Å². The minimum absolute atomic E-state index is 0.0866. The van der Waals surface area contributed by atoms with Gasteiger partial charge in [-0.25, -0.2) is 0 Å². The van der Waals surface area contributed by atoms with Crippen molar-refractivity contribution in [1.82, 2.24) is 0 Å². The fraction of sp³-hybridized carbons (Fsp3) is 0.538. The number of aliphatic hydroxyl groups is 1. The van der Waals surface area contributed by atoms with E-state index in [1.54, 1.807) is 6.07 Å². The largest absolute Gasteiger partial charge is 0.489 e. The lowest BCUT2D eigenvalue weighted by Gasteiger charge is -2.10. The number of hydrogen-bond acceptors (Lipinski definition) is 3. The van der Waals surface area contributed by atoms with Gasteiger partial charge in [0.2, 0.25) is 0 Å². The molecule has 1 aromatic carbocycles. The van der Waals surface area contributed by atoms with E-state index in [4.69, 9.17) is 26.2 Å². The molecule has 0 radical (unpaired) electrons. The van der Waals surface area contributed by atoms with Crippen LogP contribution in [0, 0.1) is 5.41 Å². The number of benzene rings is 1. The lowest BCUT2D eigenvalue weighted by molar-refractivity contribution is 0.197. The zero-order chi connectivity index (χ0) is 11.9. The first kappa shape index (κ1) is 11.2. The van der Waals surface area contributed by atoms with E-state index in [-0.39, 0.29) is 12.0 Å². The summed E-state index contributed by atoms with van der Waals surface area (Å²) in [6.45, 7) is 1.53. The number of rotatable bonds is 2. The maximum Gasteiger partial charge on any atom is 0.162 e. The minimum Gasteiger partial charge on any atom is -0.489 e. The fourth-order valence-corrected chi connectivity index (χ4v) is 2.33. The van der Waals surface area contributed by atoms with E-state index in [1.165, 1.54) is 12.8 Å². The summed E-state index contributed by atoms with van der Waals surface area (Å²) in [5, 5.41) is 9.60. The Labute approximate surface area is 105 Å². The van der Waals surface area contributed by atoms with Crippen molar-refractivity contribution >= 4 is 11.6 Å². The summed E-state index contributed by atoms with van der Waals surface area (Å²) in [6, 6.07) is 3.68. The zero-order valence-corrected chi connectivity index (χ0v) is 10.3. The molecule has 1 aromatic rings. The average molecular weight is 255 g/mol. The Bertz CT molecular complexity index is 441. The zero-order valence-electron chi connectivity index (χ0n) is 9.54. The fourth-order valence-electron chi connectivity index (χ4n) is 2.08. The summed E-state index contributed by atoms with van der Waals surface area (Å²) < 4.78 is 11.6. The van der Waals surface area contributed by atoms with E-state index >= 15 is 0 Å². The molecule has 1 spiro atoms. The van der Waals surface area contributed by atoms with Crippen LogP contribution in [0.4, 0.5) is 0 Å². The molecule has 0 unspecified atom stereocenters. The van der Waals surface area contributed by atoms with Crippen molar-refractivity contribution in [2.75, 3.05) is 19.8 Å². The van der Waals surface area contributed by atoms with E-state index in [2.05, 4.69) is 0 Å². The highest BCUT2D eigenvalue weighted by Gasteiger charge is 2.46.